The number of pyridine rings is 1. The highest BCUT2D eigenvalue weighted by Gasteiger charge is 2.12. The topological polar surface area (TPSA) is 48.1 Å². The van der Waals surface area contributed by atoms with Crippen LogP contribution in [-0.4, -0.2) is 17.6 Å². The van der Waals surface area contributed by atoms with Crippen LogP contribution in [0.3, 0.4) is 0 Å². The molecule has 78 valence electrons. The van der Waals surface area contributed by atoms with Crippen LogP contribution in [0.4, 0.5) is 0 Å². The lowest BCUT2D eigenvalue weighted by atomic mass is 10.2. The molecule has 0 fully saturated rings. The van der Waals surface area contributed by atoms with Gasteiger partial charge in [0, 0.05) is 17.2 Å². The second-order valence-electron chi connectivity index (χ2n) is 3.31. The molecule has 0 aliphatic carbocycles. The van der Waals surface area contributed by atoms with Gasteiger partial charge in [-0.05, 0) is 41.9 Å². The Labute approximate surface area is 92.8 Å². The molecular weight excluding hydrogens is 244 g/mol. The predicted octanol–water partition coefficient (Wildman–Crippen LogP) is 2.27. The molecule has 1 rings (SSSR count). The number of nitrogens with zero attached hydrogens (tertiary/aromatic N) is 1. The summed E-state index contributed by atoms with van der Waals surface area (Å²) in [5.74, 6) is 0. The van der Waals surface area contributed by atoms with E-state index in [1.165, 1.54) is 0 Å². The molecule has 0 spiro atoms. The maximum atomic E-state index is 5.62. The lowest BCUT2D eigenvalue weighted by molar-refractivity contribution is 0.00955. The Morgan fingerprint density at radius 3 is 2.64 bits per heavy atom. The monoisotopic (exact) mass is 258 g/mol. The lowest BCUT2D eigenvalue weighted by Gasteiger charge is -2.18. The summed E-state index contributed by atoms with van der Waals surface area (Å²) in [7, 11) is 0. The molecule has 3 nitrogen and oxygen atoms in total. The van der Waals surface area contributed by atoms with Gasteiger partial charge in [0.1, 0.15) is 6.10 Å². The number of hydrogen-bond donors (Lipinski definition) is 1. The smallest absolute Gasteiger partial charge is 0.112 e. The molecule has 0 aromatic carbocycles. The van der Waals surface area contributed by atoms with Gasteiger partial charge in [0.25, 0.3) is 0 Å². The summed E-state index contributed by atoms with van der Waals surface area (Å²) < 4.78 is 6.58. The van der Waals surface area contributed by atoms with E-state index in [-0.39, 0.29) is 12.2 Å². The van der Waals surface area contributed by atoms with Gasteiger partial charge in [-0.3, -0.25) is 4.98 Å². The Balaban J connectivity index is 2.73. The van der Waals surface area contributed by atoms with E-state index < -0.39 is 0 Å². The van der Waals surface area contributed by atoms with E-state index in [4.69, 9.17) is 10.5 Å². The molecular formula is C10H15BrN2O. The molecule has 0 aliphatic heterocycles. The zero-order valence-corrected chi connectivity index (χ0v) is 9.99. The minimum absolute atomic E-state index is 0.108. The Morgan fingerprint density at radius 1 is 1.50 bits per heavy atom. The van der Waals surface area contributed by atoms with Crippen LogP contribution in [0.25, 0.3) is 0 Å². The number of aromatic nitrogens is 1. The zero-order valence-electron chi connectivity index (χ0n) is 8.40. The minimum Gasteiger partial charge on any atom is -0.368 e. The SMILES string of the molecule is CC(C)OC(CN)c1ccc(Br)cn1. The van der Waals surface area contributed by atoms with Gasteiger partial charge in [-0.15, -0.1) is 0 Å². The molecule has 0 radical (unpaired) electrons. The van der Waals surface area contributed by atoms with Gasteiger partial charge in [-0.1, -0.05) is 0 Å². The third kappa shape index (κ3) is 3.36. The van der Waals surface area contributed by atoms with Crippen molar-refractivity contribution >= 4 is 15.9 Å². The van der Waals surface area contributed by atoms with Crippen molar-refractivity contribution in [3.63, 3.8) is 0 Å². The second kappa shape index (κ2) is 5.44. The maximum absolute atomic E-state index is 5.62. The summed E-state index contributed by atoms with van der Waals surface area (Å²) in [6.45, 7) is 4.43. The fraction of sp³-hybridized carbons (Fsp3) is 0.500. The van der Waals surface area contributed by atoms with Gasteiger partial charge in [0.05, 0.1) is 11.8 Å². The maximum Gasteiger partial charge on any atom is 0.112 e. The third-order valence-electron chi connectivity index (χ3n) is 1.73. The van der Waals surface area contributed by atoms with E-state index in [2.05, 4.69) is 20.9 Å². The van der Waals surface area contributed by atoms with Gasteiger partial charge in [-0.2, -0.15) is 0 Å². The van der Waals surface area contributed by atoms with Crippen LogP contribution in [0.1, 0.15) is 25.6 Å². The van der Waals surface area contributed by atoms with Crippen molar-refractivity contribution in [3.8, 4) is 0 Å². The number of ether oxygens (including phenoxy) is 1. The Bertz CT molecular complexity index is 274. The molecule has 1 heterocycles. The van der Waals surface area contributed by atoms with Crippen molar-refractivity contribution in [2.75, 3.05) is 6.54 Å². The number of hydrogen-bond acceptors (Lipinski definition) is 3. The molecule has 0 amide bonds. The molecule has 1 atom stereocenters. The van der Waals surface area contributed by atoms with E-state index in [1.54, 1.807) is 6.20 Å². The molecule has 2 N–H and O–H groups in total. The second-order valence-corrected chi connectivity index (χ2v) is 4.23. The van der Waals surface area contributed by atoms with Gasteiger partial charge in [0.2, 0.25) is 0 Å². The molecule has 0 saturated carbocycles. The first-order chi connectivity index (χ1) is 6.63. The van der Waals surface area contributed by atoms with Crippen molar-refractivity contribution in [3.05, 3.63) is 28.5 Å². The van der Waals surface area contributed by atoms with Crippen molar-refractivity contribution < 1.29 is 4.74 Å². The normalized spacial score (nSPS) is 13.2. The van der Waals surface area contributed by atoms with Crippen molar-refractivity contribution in [1.29, 1.82) is 0 Å². The standard InChI is InChI=1S/C10H15BrN2O/c1-7(2)14-10(5-12)9-4-3-8(11)6-13-9/h3-4,6-7,10H,5,12H2,1-2H3. The fourth-order valence-electron chi connectivity index (χ4n) is 1.15. The van der Waals surface area contributed by atoms with Crippen LogP contribution >= 0.6 is 15.9 Å². The summed E-state index contributed by atoms with van der Waals surface area (Å²) in [6.07, 6.45) is 1.80. The van der Waals surface area contributed by atoms with Gasteiger partial charge in [-0.25, -0.2) is 0 Å². The highest BCUT2D eigenvalue weighted by molar-refractivity contribution is 9.10. The Morgan fingerprint density at radius 2 is 2.21 bits per heavy atom. The summed E-state index contributed by atoms with van der Waals surface area (Å²) in [5.41, 5.74) is 6.49. The summed E-state index contributed by atoms with van der Waals surface area (Å²) in [6, 6.07) is 3.86. The molecule has 0 saturated heterocycles. The largest absolute Gasteiger partial charge is 0.368 e. The van der Waals surface area contributed by atoms with Crippen LogP contribution in [0.15, 0.2) is 22.8 Å². The average molecular weight is 259 g/mol. The van der Waals surface area contributed by atoms with E-state index in [9.17, 15) is 0 Å². The van der Waals surface area contributed by atoms with E-state index in [0.29, 0.717) is 6.54 Å². The Hall–Kier alpha value is -0.450. The van der Waals surface area contributed by atoms with Crippen LogP contribution in [0, 0.1) is 0 Å². The quantitative estimate of drug-likeness (QED) is 0.902. The van der Waals surface area contributed by atoms with Gasteiger partial charge >= 0.3 is 0 Å². The first kappa shape index (κ1) is 11.6. The number of halogens is 1. The average Bonchev–Trinajstić information content (AvgIpc) is 2.15. The molecule has 0 aliphatic rings. The lowest BCUT2D eigenvalue weighted by Crippen LogP contribution is -2.20. The predicted molar refractivity (Wildman–Crippen MR) is 60.0 cm³/mol. The summed E-state index contributed by atoms with van der Waals surface area (Å²) >= 11 is 3.33. The van der Waals surface area contributed by atoms with Crippen LogP contribution in [-0.2, 0) is 4.74 Å². The highest BCUT2D eigenvalue weighted by atomic mass is 79.9. The zero-order chi connectivity index (χ0) is 10.6. The highest BCUT2D eigenvalue weighted by Crippen LogP contribution is 2.17. The Kier molecular flexibility index (Phi) is 4.51. The van der Waals surface area contributed by atoms with Crippen molar-refractivity contribution in [2.45, 2.75) is 26.1 Å². The number of rotatable bonds is 4. The molecule has 1 aromatic heterocycles. The van der Waals surface area contributed by atoms with Gasteiger partial charge in [0.15, 0.2) is 0 Å². The summed E-state index contributed by atoms with van der Waals surface area (Å²) in [5, 5.41) is 0. The van der Waals surface area contributed by atoms with Crippen molar-refractivity contribution in [2.24, 2.45) is 5.73 Å². The van der Waals surface area contributed by atoms with E-state index >= 15 is 0 Å². The van der Waals surface area contributed by atoms with Crippen molar-refractivity contribution in [1.82, 2.24) is 4.98 Å². The molecule has 4 heteroatoms. The van der Waals surface area contributed by atoms with Crippen LogP contribution < -0.4 is 5.73 Å². The molecule has 1 unspecified atom stereocenters. The molecule has 14 heavy (non-hydrogen) atoms. The van der Waals surface area contributed by atoms with E-state index in [1.807, 2.05) is 26.0 Å². The molecule has 1 aromatic rings. The minimum atomic E-state index is -0.108. The van der Waals surface area contributed by atoms with E-state index in [0.717, 1.165) is 10.2 Å². The summed E-state index contributed by atoms with van der Waals surface area (Å²) in [4.78, 5) is 4.25. The van der Waals surface area contributed by atoms with Gasteiger partial charge < -0.3 is 10.5 Å². The first-order valence-corrected chi connectivity index (χ1v) is 5.39. The third-order valence-corrected chi connectivity index (χ3v) is 2.20. The van der Waals surface area contributed by atoms with Crippen LogP contribution in [0.5, 0.6) is 0 Å². The first-order valence-electron chi connectivity index (χ1n) is 4.60. The van der Waals surface area contributed by atoms with Crippen LogP contribution in [0.2, 0.25) is 0 Å². The fourth-order valence-corrected chi connectivity index (χ4v) is 1.39. The molecule has 0 bridgehead atoms. The number of nitrogens with two attached hydrogens (primary N) is 1.